The average molecular weight is 567 g/mol. The topological polar surface area (TPSA) is 115 Å². The fraction of sp³-hybridized carbons (Fsp3) is 0.179. The lowest BCUT2D eigenvalue weighted by Gasteiger charge is -2.12. The molecular weight excluding hydrogens is 546 g/mol. The first-order chi connectivity index (χ1) is 19.5. The molecule has 2 amide bonds. The summed E-state index contributed by atoms with van der Waals surface area (Å²) in [5.74, 6) is -1.64. The van der Waals surface area contributed by atoms with Crippen LogP contribution in [-0.4, -0.2) is 26.6 Å². The zero-order valence-corrected chi connectivity index (χ0v) is 21.3. The number of benzene rings is 2. The third kappa shape index (κ3) is 6.40. The van der Waals surface area contributed by atoms with Gasteiger partial charge >= 0.3 is 6.18 Å². The second kappa shape index (κ2) is 10.8. The molecule has 41 heavy (non-hydrogen) atoms. The quantitative estimate of drug-likeness (QED) is 0.286. The molecule has 2 aromatic heterocycles. The highest BCUT2D eigenvalue weighted by Gasteiger charge is 2.30. The fourth-order valence-electron chi connectivity index (χ4n) is 3.79. The molecule has 5 rings (SSSR count). The highest BCUT2D eigenvalue weighted by Crippen LogP contribution is 2.32. The number of hydrogen-bond donors (Lipinski definition) is 2. The van der Waals surface area contributed by atoms with Crippen LogP contribution >= 0.6 is 0 Å². The second-order valence-electron chi connectivity index (χ2n) is 9.32. The molecule has 210 valence electrons. The van der Waals surface area contributed by atoms with Crippen LogP contribution in [0.15, 0.2) is 71.8 Å². The monoisotopic (exact) mass is 567 g/mol. The number of amides is 2. The molecular formula is C28H21F4N5O4. The Labute approximate surface area is 229 Å². The number of rotatable bonds is 7. The molecule has 9 nitrogen and oxygen atoms in total. The van der Waals surface area contributed by atoms with Gasteiger partial charge in [0.25, 0.3) is 5.91 Å². The summed E-state index contributed by atoms with van der Waals surface area (Å²) in [6.45, 7) is 1.43. The first-order valence-electron chi connectivity index (χ1n) is 12.3. The van der Waals surface area contributed by atoms with Gasteiger partial charge in [0.15, 0.2) is 17.3 Å². The highest BCUT2D eigenvalue weighted by molar-refractivity contribution is 6.02. The number of hydrogen-bond acceptors (Lipinski definition) is 6. The lowest BCUT2D eigenvalue weighted by molar-refractivity contribution is -0.137. The number of nitrogens with one attached hydrogen (secondary N) is 2. The molecule has 1 fully saturated rings. The Hall–Kier alpha value is -5.07. The van der Waals surface area contributed by atoms with Crippen LogP contribution in [0.3, 0.4) is 0 Å². The first kappa shape index (κ1) is 27.5. The molecule has 2 aromatic carbocycles. The predicted octanol–water partition coefficient (Wildman–Crippen LogP) is 5.49. The van der Waals surface area contributed by atoms with Gasteiger partial charge in [-0.05, 0) is 62.2 Å². The van der Waals surface area contributed by atoms with Crippen molar-refractivity contribution in [2.75, 3.05) is 10.6 Å². The summed E-state index contributed by atoms with van der Waals surface area (Å²) >= 11 is 0. The van der Waals surface area contributed by atoms with Gasteiger partial charge in [-0.15, -0.1) is 0 Å². The van der Waals surface area contributed by atoms with Gasteiger partial charge in [0.2, 0.25) is 11.3 Å². The minimum Gasteiger partial charge on any atom is -0.454 e. The number of pyridine rings is 1. The van der Waals surface area contributed by atoms with E-state index in [0.717, 1.165) is 47.9 Å². The van der Waals surface area contributed by atoms with Gasteiger partial charge in [-0.1, -0.05) is 0 Å². The van der Waals surface area contributed by atoms with Gasteiger partial charge in [0, 0.05) is 41.7 Å². The number of alkyl halides is 3. The molecule has 0 unspecified atom stereocenters. The smallest absolute Gasteiger partial charge is 0.416 e. The van der Waals surface area contributed by atoms with Crippen molar-refractivity contribution in [3.05, 3.63) is 99.9 Å². The van der Waals surface area contributed by atoms with Crippen LogP contribution in [0, 0.1) is 18.7 Å². The van der Waals surface area contributed by atoms with E-state index in [0.29, 0.717) is 0 Å². The minimum absolute atomic E-state index is 0.00393. The van der Waals surface area contributed by atoms with E-state index in [-0.39, 0.29) is 46.1 Å². The Morgan fingerprint density at radius 1 is 1.02 bits per heavy atom. The summed E-state index contributed by atoms with van der Waals surface area (Å²) in [5, 5.41) is 9.06. The Balaban J connectivity index is 1.31. The van der Waals surface area contributed by atoms with E-state index >= 15 is 0 Å². The number of aromatic nitrogens is 3. The standard InChI is InChI=1S/C28H21F4N5O4/c1-15-14-37(19-7-4-17(5-8-19)28(30,31)32)36-24(25(15)38)27(40)34-18-6-9-22(21(29)12-18)41-20-10-11-33-23(13-20)35-26(39)16-2-3-16/h4-14,16H,2-3H2,1H3,(H,34,40)(H,33,35,39). The lowest BCUT2D eigenvalue weighted by Crippen LogP contribution is -2.27. The van der Waals surface area contributed by atoms with Crippen LogP contribution < -0.4 is 20.8 Å². The zero-order valence-electron chi connectivity index (χ0n) is 21.3. The maximum atomic E-state index is 14.8. The average Bonchev–Trinajstić information content (AvgIpc) is 3.77. The summed E-state index contributed by atoms with van der Waals surface area (Å²) in [6.07, 6.45) is -0.191. The van der Waals surface area contributed by atoms with Crippen molar-refractivity contribution < 1.29 is 31.9 Å². The molecule has 0 aliphatic heterocycles. The predicted molar refractivity (Wildman–Crippen MR) is 140 cm³/mol. The first-order valence-corrected chi connectivity index (χ1v) is 12.3. The maximum Gasteiger partial charge on any atom is 0.416 e. The fourth-order valence-corrected chi connectivity index (χ4v) is 3.79. The second-order valence-corrected chi connectivity index (χ2v) is 9.32. The van der Waals surface area contributed by atoms with Crippen molar-refractivity contribution >= 4 is 23.3 Å². The van der Waals surface area contributed by atoms with E-state index in [1.54, 1.807) is 0 Å². The summed E-state index contributed by atoms with van der Waals surface area (Å²) in [5.41, 5.74) is -1.80. The molecule has 0 atom stereocenters. The van der Waals surface area contributed by atoms with Crippen LogP contribution in [0.4, 0.5) is 29.1 Å². The number of aryl methyl sites for hydroxylation is 1. The van der Waals surface area contributed by atoms with Crippen LogP contribution in [0.25, 0.3) is 5.69 Å². The van der Waals surface area contributed by atoms with Gasteiger partial charge in [0.1, 0.15) is 11.6 Å². The van der Waals surface area contributed by atoms with Crippen LogP contribution in [0.5, 0.6) is 11.5 Å². The summed E-state index contributed by atoms with van der Waals surface area (Å²) < 4.78 is 60.2. The molecule has 1 saturated carbocycles. The largest absolute Gasteiger partial charge is 0.454 e. The molecule has 4 aromatic rings. The third-order valence-corrected chi connectivity index (χ3v) is 6.12. The molecule has 2 heterocycles. The summed E-state index contributed by atoms with van der Waals surface area (Å²) in [6, 6.07) is 10.5. The van der Waals surface area contributed by atoms with Crippen molar-refractivity contribution in [2.24, 2.45) is 5.92 Å². The molecule has 0 spiro atoms. The number of halogens is 4. The Morgan fingerprint density at radius 3 is 2.41 bits per heavy atom. The number of ether oxygens (including phenoxy) is 1. The van der Waals surface area contributed by atoms with Crippen molar-refractivity contribution in [1.29, 1.82) is 0 Å². The normalized spacial score (nSPS) is 13.0. The maximum absolute atomic E-state index is 14.8. The molecule has 1 aliphatic rings. The summed E-state index contributed by atoms with van der Waals surface area (Å²) in [4.78, 5) is 41.5. The molecule has 0 saturated heterocycles. The van der Waals surface area contributed by atoms with Gasteiger partial charge in [0.05, 0.1) is 11.3 Å². The SMILES string of the molecule is Cc1cn(-c2ccc(C(F)(F)F)cc2)nc(C(=O)Nc2ccc(Oc3ccnc(NC(=O)C4CC4)c3)c(F)c2)c1=O. The zero-order chi connectivity index (χ0) is 29.3. The van der Waals surface area contributed by atoms with Gasteiger partial charge in [-0.25, -0.2) is 14.1 Å². The van der Waals surface area contributed by atoms with E-state index in [2.05, 4.69) is 20.7 Å². The highest BCUT2D eigenvalue weighted by atomic mass is 19.4. The Bertz CT molecular complexity index is 1700. The van der Waals surface area contributed by atoms with E-state index in [1.807, 2.05) is 0 Å². The van der Waals surface area contributed by atoms with Gasteiger partial charge < -0.3 is 15.4 Å². The molecule has 0 bridgehead atoms. The van der Waals surface area contributed by atoms with Crippen molar-refractivity contribution in [1.82, 2.24) is 14.8 Å². The van der Waals surface area contributed by atoms with E-state index in [9.17, 15) is 31.9 Å². The Morgan fingerprint density at radius 2 is 1.76 bits per heavy atom. The van der Waals surface area contributed by atoms with E-state index in [4.69, 9.17) is 4.74 Å². The summed E-state index contributed by atoms with van der Waals surface area (Å²) in [7, 11) is 0. The van der Waals surface area contributed by atoms with Crippen molar-refractivity contribution in [2.45, 2.75) is 25.9 Å². The van der Waals surface area contributed by atoms with E-state index < -0.39 is 34.6 Å². The molecule has 1 aliphatic carbocycles. The molecule has 13 heteroatoms. The third-order valence-electron chi connectivity index (χ3n) is 6.12. The van der Waals surface area contributed by atoms with Crippen LogP contribution in [0.2, 0.25) is 0 Å². The molecule has 0 radical (unpaired) electrons. The number of carbonyl (C=O) groups excluding carboxylic acids is 2. The Kier molecular flexibility index (Phi) is 7.26. The van der Waals surface area contributed by atoms with Crippen molar-refractivity contribution in [3.63, 3.8) is 0 Å². The van der Waals surface area contributed by atoms with E-state index in [1.165, 1.54) is 43.6 Å². The number of anilines is 2. The number of nitrogens with zero attached hydrogens (tertiary/aromatic N) is 3. The van der Waals surface area contributed by atoms with Crippen LogP contribution in [0.1, 0.15) is 34.5 Å². The van der Waals surface area contributed by atoms with Crippen LogP contribution in [-0.2, 0) is 11.0 Å². The molecule has 2 N–H and O–H groups in total. The number of carbonyl (C=O) groups is 2. The van der Waals surface area contributed by atoms with Gasteiger partial charge in [-0.3, -0.25) is 14.4 Å². The lowest BCUT2D eigenvalue weighted by atomic mass is 10.2. The van der Waals surface area contributed by atoms with Crippen molar-refractivity contribution in [3.8, 4) is 17.2 Å². The minimum atomic E-state index is -4.53. The van der Waals surface area contributed by atoms with Gasteiger partial charge in [-0.2, -0.15) is 18.3 Å².